The van der Waals surface area contributed by atoms with Gasteiger partial charge in [0, 0.05) is 5.41 Å². The van der Waals surface area contributed by atoms with Crippen LogP contribution < -0.4 is 4.52 Å². The predicted octanol–water partition coefficient (Wildman–Crippen LogP) is 8.82. The van der Waals surface area contributed by atoms with Crippen LogP contribution in [0.5, 0.6) is 0 Å². The Morgan fingerprint density at radius 3 is 1.89 bits per heavy atom. The molecule has 2 atom stereocenters. The molecule has 162 valence electrons. The Kier molecular flexibility index (Phi) is 6.52. The van der Waals surface area contributed by atoms with Gasteiger partial charge < -0.3 is 4.52 Å². The van der Waals surface area contributed by atoms with Gasteiger partial charge in [0.05, 0.1) is 0 Å². The van der Waals surface area contributed by atoms with E-state index in [9.17, 15) is 0 Å². The minimum Gasteiger partial charge on any atom is -0.387 e. The molecule has 0 spiro atoms. The lowest BCUT2D eigenvalue weighted by Crippen LogP contribution is -2.46. The van der Waals surface area contributed by atoms with Crippen molar-refractivity contribution in [2.45, 2.75) is 102 Å². The van der Waals surface area contributed by atoms with E-state index in [1.165, 1.54) is 30.4 Å². The van der Waals surface area contributed by atoms with Gasteiger partial charge in [0.15, 0.2) is 0 Å². The maximum absolute atomic E-state index is 6.41. The zero-order valence-corrected chi connectivity index (χ0v) is 21.0. The van der Waals surface area contributed by atoms with Gasteiger partial charge in [0.1, 0.15) is 5.76 Å². The van der Waals surface area contributed by atoms with E-state index in [0.717, 1.165) is 12.2 Å². The smallest absolute Gasteiger partial charge is 0.387 e. The van der Waals surface area contributed by atoms with Crippen molar-refractivity contribution in [1.82, 2.24) is 0 Å². The third-order valence-corrected chi connectivity index (χ3v) is 6.90. The number of hydrogen-bond donors (Lipinski definition) is 0. The lowest BCUT2D eigenvalue weighted by atomic mass is 9.50. The van der Waals surface area contributed by atoms with Crippen LogP contribution in [-0.2, 0) is 0 Å². The quantitative estimate of drug-likeness (QED) is 0.439. The van der Waals surface area contributed by atoms with Crippen LogP contribution in [0.2, 0.25) is 0 Å². The van der Waals surface area contributed by atoms with Crippen molar-refractivity contribution in [3.05, 3.63) is 23.0 Å². The van der Waals surface area contributed by atoms with E-state index in [-0.39, 0.29) is 21.7 Å². The molecule has 2 rings (SSSR count). The average Bonchev–Trinajstić information content (AvgIpc) is 3.32. The molecule has 28 heavy (non-hydrogen) atoms. The third kappa shape index (κ3) is 4.66. The SMILES string of the molecule is CCCCC1(CC)C(C(C)(C)C)=C(Op2oo2)C(C(C)(C)C)=CC1C(C)(C)C. The molecular formula is C24H43O3P. The van der Waals surface area contributed by atoms with Crippen molar-refractivity contribution in [2.75, 3.05) is 0 Å². The number of rotatable bonds is 6. The standard InChI is InChI=1S/C24H43O3P/c1-12-14-15-24(13-2)18(22(6,7)8)16-17(21(3,4)5)19(25-28-26-27-28)20(24)23(9,10)11/h16,18H,12-15H2,1-11H3. The summed E-state index contributed by atoms with van der Waals surface area (Å²) in [5.74, 6) is 1.50. The van der Waals surface area contributed by atoms with Gasteiger partial charge in [-0.25, -0.2) is 0 Å². The summed E-state index contributed by atoms with van der Waals surface area (Å²) < 4.78 is 16.6. The zero-order valence-electron chi connectivity index (χ0n) is 20.2. The predicted molar refractivity (Wildman–Crippen MR) is 119 cm³/mol. The van der Waals surface area contributed by atoms with Crippen molar-refractivity contribution in [2.24, 2.45) is 27.6 Å². The van der Waals surface area contributed by atoms with Crippen LogP contribution in [0.3, 0.4) is 0 Å². The summed E-state index contributed by atoms with van der Waals surface area (Å²) in [6, 6.07) is 0. The highest BCUT2D eigenvalue weighted by Gasteiger charge is 2.53. The van der Waals surface area contributed by atoms with Gasteiger partial charge in [0.2, 0.25) is 0 Å². The largest absolute Gasteiger partial charge is 0.529 e. The van der Waals surface area contributed by atoms with E-state index >= 15 is 0 Å². The summed E-state index contributed by atoms with van der Waals surface area (Å²) in [6.45, 7) is 25.7. The Balaban J connectivity index is 2.87. The fraction of sp³-hybridized carbons (Fsp3) is 0.833. The fourth-order valence-electron chi connectivity index (χ4n) is 5.23. The Bertz CT molecular complexity index is 697. The molecule has 0 saturated carbocycles. The van der Waals surface area contributed by atoms with Crippen LogP contribution in [0.4, 0.5) is 0 Å². The highest BCUT2D eigenvalue weighted by Crippen LogP contribution is 2.62. The van der Waals surface area contributed by atoms with Crippen molar-refractivity contribution in [1.29, 1.82) is 0 Å². The second-order valence-electron chi connectivity index (χ2n) is 11.7. The zero-order chi connectivity index (χ0) is 21.5. The van der Waals surface area contributed by atoms with Crippen molar-refractivity contribution < 1.29 is 13.2 Å². The lowest BCUT2D eigenvalue weighted by Gasteiger charge is -2.54. The summed E-state index contributed by atoms with van der Waals surface area (Å²) in [6.07, 6.45) is 7.29. The highest BCUT2D eigenvalue weighted by atomic mass is 31.1. The van der Waals surface area contributed by atoms with E-state index in [1.807, 2.05) is 0 Å². The molecular weight excluding hydrogens is 367 g/mol. The van der Waals surface area contributed by atoms with Gasteiger partial charge in [0.25, 0.3) is 0 Å². The van der Waals surface area contributed by atoms with E-state index in [0.29, 0.717) is 5.92 Å². The minimum atomic E-state index is -1.22. The van der Waals surface area contributed by atoms with E-state index < -0.39 is 8.24 Å². The van der Waals surface area contributed by atoms with Gasteiger partial charge >= 0.3 is 8.24 Å². The van der Waals surface area contributed by atoms with Crippen molar-refractivity contribution >= 4 is 8.24 Å². The van der Waals surface area contributed by atoms with Crippen molar-refractivity contribution in [3.8, 4) is 0 Å². The summed E-state index contributed by atoms with van der Waals surface area (Å²) in [5, 5.41) is 0. The lowest BCUT2D eigenvalue weighted by molar-refractivity contribution is 0.0799. The molecule has 2 unspecified atom stereocenters. The Labute approximate surface area is 174 Å². The first-order chi connectivity index (χ1) is 12.7. The molecule has 0 fully saturated rings. The molecule has 0 amide bonds. The number of allylic oxidation sites excluding steroid dienone is 3. The molecule has 1 heterocycles. The van der Waals surface area contributed by atoms with E-state index in [4.69, 9.17) is 13.2 Å². The molecule has 1 aromatic rings. The molecule has 0 N–H and O–H groups in total. The Hall–Kier alpha value is -0.820. The first-order valence-corrected chi connectivity index (χ1v) is 12.1. The molecule has 0 radical (unpaired) electrons. The average molecular weight is 411 g/mol. The van der Waals surface area contributed by atoms with Gasteiger partial charge in [-0.15, -0.1) is 0 Å². The van der Waals surface area contributed by atoms with Crippen LogP contribution in [0.1, 0.15) is 102 Å². The number of hydrogen-bond acceptors (Lipinski definition) is 3. The summed E-state index contributed by atoms with van der Waals surface area (Å²) in [5.41, 5.74) is 3.01. The monoisotopic (exact) mass is 410 g/mol. The van der Waals surface area contributed by atoms with E-state index in [1.54, 1.807) is 0 Å². The first-order valence-electron chi connectivity index (χ1n) is 11.0. The van der Waals surface area contributed by atoms with Gasteiger partial charge in [-0.1, -0.05) is 95.1 Å². The highest BCUT2D eigenvalue weighted by molar-refractivity contribution is 7.34. The maximum Gasteiger partial charge on any atom is 0.529 e. The Morgan fingerprint density at radius 1 is 0.964 bits per heavy atom. The maximum atomic E-state index is 6.41. The molecule has 0 aliphatic heterocycles. The van der Waals surface area contributed by atoms with E-state index in [2.05, 4.69) is 82.2 Å². The summed E-state index contributed by atoms with van der Waals surface area (Å²) in [4.78, 5) is 0. The second-order valence-corrected chi connectivity index (χ2v) is 12.6. The first kappa shape index (κ1) is 23.5. The van der Waals surface area contributed by atoms with Gasteiger partial charge in [-0.3, -0.25) is 0 Å². The topological polar surface area (TPSA) is 35.5 Å². The fourth-order valence-corrected chi connectivity index (χ4v) is 5.74. The molecule has 4 heteroatoms. The number of unbranched alkanes of at least 4 members (excludes halogenated alkanes) is 1. The van der Waals surface area contributed by atoms with Crippen LogP contribution in [0.25, 0.3) is 0 Å². The van der Waals surface area contributed by atoms with Gasteiger partial charge in [-0.05, 0) is 46.2 Å². The summed E-state index contributed by atoms with van der Waals surface area (Å²) in [7, 11) is -1.22. The minimum absolute atomic E-state index is 0.00130. The van der Waals surface area contributed by atoms with Crippen molar-refractivity contribution in [3.63, 3.8) is 0 Å². The third-order valence-electron chi connectivity index (χ3n) is 6.30. The molecule has 0 bridgehead atoms. The van der Waals surface area contributed by atoms with Crippen LogP contribution >= 0.6 is 8.24 Å². The Morgan fingerprint density at radius 2 is 1.54 bits per heavy atom. The molecule has 0 aromatic carbocycles. The van der Waals surface area contributed by atoms with Crippen LogP contribution in [-0.4, -0.2) is 0 Å². The normalized spacial score (nSPS) is 24.7. The summed E-state index contributed by atoms with van der Waals surface area (Å²) >= 11 is 0. The second kappa shape index (κ2) is 7.78. The van der Waals surface area contributed by atoms with Gasteiger partial charge in [-0.2, -0.15) is 8.71 Å². The molecule has 1 aromatic heterocycles. The van der Waals surface area contributed by atoms with Crippen LogP contribution in [0, 0.1) is 27.6 Å². The molecule has 0 saturated heterocycles. The molecule has 3 nitrogen and oxygen atoms in total. The van der Waals surface area contributed by atoms with Crippen LogP contribution in [0.15, 0.2) is 31.7 Å². The molecule has 1 aliphatic rings. The molecule has 1 aliphatic carbocycles.